The lowest BCUT2D eigenvalue weighted by Gasteiger charge is -2.14. The second-order valence-electron chi connectivity index (χ2n) is 4.34. The summed E-state index contributed by atoms with van der Waals surface area (Å²) in [7, 11) is 0. The third-order valence-electron chi connectivity index (χ3n) is 2.91. The number of alkyl halides is 3. The van der Waals surface area contributed by atoms with Crippen molar-refractivity contribution in [1.82, 2.24) is 0 Å². The van der Waals surface area contributed by atoms with Gasteiger partial charge in [-0.15, -0.1) is 0 Å². The van der Waals surface area contributed by atoms with Crippen molar-refractivity contribution < 1.29 is 13.2 Å². The predicted octanol–water partition coefficient (Wildman–Crippen LogP) is 4.99. The SMILES string of the molecule is Cc1c(Cl)cccc1Nc1ccc(N)c(C(F)(F)F)c1. The number of anilines is 3. The predicted molar refractivity (Wildman–Crippen MR) is 75.3 cm³/mol. The maximum atomic E-state index is 12.8. The number of benzene rings is 2. The van der Waals surface area contributed by atoms with Gasteiger partial charge in [-0.25, -0.2) is 0 Å². The monoisotopic (exact) mass is 300 g/mol. The molecule has 0 aliphatic carbocycles. The molecule has 0 saturated carbocycles. The number of nitrogens with one attached hydrogen (secondary N) is 1. The largest absolute Gasteiger partial charge is 0.418 e. The van der Waals surface area contributed by atoms with Crippen molar-refractivity contribution in [1.29, 1.82) is 0 Å². The summed E-state index contributed by atoms with van der Waals surface area (Å²) in [5.74, 6) is 0. The smallest absolute Gasteiger partial charge is 0.398 e. The summed E-state index contributed by atoms with van der Waals surface area (Å²) in [6, 6.07) is 8.88. The Kier molecular flexibility index (Phi) is 3.81. The minimum absolute atomic E-state index is 0.300. The summed E-state index contributed by atoms with van der Waals surface area (Å²) in [5.41, 5.74) is 5.91. The zero-order chi connectivity index (χ0) is 14.9. The first-order valence-electron chi connectivity index (χ1n) is 5.78. The highest BCUT2D eigenvalue weighted by atomic mass is 35.5. The highest BCUT2D eigenvalue weighted by molar-refractivity contribution is 6.31. The molecule has 0 saturated heterocycles. The van der Waals surface area contributed by atoms with Gasteiger partial charge >= 0.3 is 6.18 Å². The molecule has 106 valence electrons. The van der Waals surface area contributed by atoms with Crippen LogP contribution in [0, 0.1) is 6.92 Å². The van der Waals surface area contributed by atoms with E-state index in [9.17, 15) is 13.2 Å². The molecule has 0 fully saturated rings. The summed E-state index contributed by atoms with van der Waals surface area (Å²) in [6.45, 7) is 1.78. The number of hydrogen-bond donors (Lipinski definition) is 2. The lowest BCUT2D eigenvalue weighted by Crippen LogP contribution is -2.09. The van der Waals surface area contributed by atoms with Gasteiger partial charge in [0.25, 0.3) is 0 Å². The molecule has 0 unspecified atom stereocenters. The van der Waals surface area contributed by atoms with Crippen molar-refractivity contribution in [2.45, 2.75) is 13.1 Å². The zero-order valence-corrected chi connectivity index (χ0v) is 11.3. The summed E-state index contributed by atoms with van der Waals surface area (Å²) in [6.07, 6.45) is -4.48. The molecule has 0 radical (unpaired) electrons. The average molecular weight is 301 g/mol. The first-order chi connectivity index (χ1) is 9.29. The first kappa shape index (κ1) is 14.5. The minimum atomic E-state index is -4.48. The molecule has 3 N–H and O–H groups in total. The van der Waals surface area contributed by atoms with Crippen LogP contribution >= 0.6 is 11.6 Å². The van der Waals surface area contributed by atoms with Crippen LogP contribution in [0.1, 0.15) is 11.1 Å². The van der Waals surface area contributed by atoms with Crippen molar-refractivity contribution in [3.8, 4) is 0 Å². The van der Waals surface area contributed by atoms with Gasteiger partial charge in [-0.1, -0.05) is 17.7 Å². The molecule has 0 heterocycles. The van der Waals surface area contributed by atoms with Gasteiger partial charge in [-0.2, -0.15) is 13.2 Å². The fraction of sp³-hybridized carbons (Fsp3) is 0.143. The van der Waals surface area contributed by atoms with E-state index in [4.69, 9.17) is 17.3 Å². The van der Waals surface area contributed by atoms with Crippen LogP contribution in [-0.2, 0) is 6.18 Å². The second-order valence-corrected chi connectivity index (χ2v) is 4.74. The Balaban J connectivity index is 2.38. The van der Waals surface area contributed by atoms with Gasteiger partial charge in [-0.05, 0) is 42.8 Å². The fourth-order valence-electron chi connectivity index (χ4n) is 1.78. The van der Waals surface area contributed by atoms with Gasteiger partial charge in [0.2, 0.25) is 0 Å². The molecule has 0 amide bonds. The van der Waals surface area contributed by atoms with Crippen LogP contribution in [0.2, 0.25) is 5.02 Å². The van der Waals surface area contributed by atoms with Crippen molar-refractivity contribution in [2.75, 3.05) is 11.1 Å². The normalized spacial score (nSPS) is 11.4. The Morgan fingerprint density at radius 1 is 1.15 bits per heavy atom. The van der Waals surface area contributed by atoms with Crippen LogP contribution in [0.5, 0.6) is 0 Å². The van der Waals surface area contributed by atoms with E-state index in [-0.39, 0.29) is 5.69 Å². The third-order valence-corrected chi connectivity index (χ3v) is 3.31. The molecule has 0 bridgehead atoms. The molecule has 2 aromatic rings. The summed E-state index contributed by atoms with van der Waals surface area (Å²) < 4.78 is 38.3. The van der Waals surface area contributed by atoms with E-state index in [1.807, 2.05) is 0 Å². The van der Waals surface area contributed by atoms with Crippen LogP contribution in [0.4, 0.5) is 30.2 Å². The maximum Gasteiger partial charge on any atom is 0.418 e. The Morgan fingerprint density at radius 2 is 1.85 bits per heavy atom. The van der Waals surface area contributed by atoms with Crippen molar-refractivity contribution in [3.05, 3.63) is 52.5 Å². The second kappa shape index (κ2) is 5.25. The summed E-state index contributed by atoms with van der Waals surface area (Å²) in [5, 5.41) is 3.46. The van der Waals surface area contributed by atoms with E-state index < -0.39 is 11.7 Å². The zero-order valence-electron chi connectivity index (χ0n) is 10.6. The van der Waals surface area contributed by atoms with E-state index in [0.717, 1.165) is 11.6 Å². The van der Waals surface area contributed by atoms with Crippen LogP contribution in [0.25, 0.3) is 0 Å². The van der Waals surface area contributed by atoms with Gasteiger partial charge in [0, 0.05) is 22.1 Å². The average Bonchev–Trinajstić information content (AvgIpc) is 2.36. The molecule has 20 heavy (non-hydrogen) atoms. The molecule has 0 aromatic heterocycles. The van der Waals surface area contributed by atoms with E-state index >= 15 is 0 Å². The molecule has 2 nitrogen and oxygen atoms in total. The Morgan fingerprint density at radius 3 is 2.50 bits per heavy atom. The quantitative estimate of drug-likeness (QED) is 0.767. The van der Waals surface area contributed by atoms with Gasteiger partial charge < -0.3 is 11.1 Å². The van der Waals surface area contributed by atoms with Gasteiger partial charge in [-0.3, -0.25) is 0 Å². The van der Waals surface area contributed by atoms with Gasteiger partial charge in [0.1, 0.15) is 0 Å². The number of hydrogen-bond acceptors (Lipinski definition) is 2. The van der Waals surface area contributed by atoms with Crippen LogP contribution in [-0.4, -0.2) is 0 Å². The highest BCUT2D eigenvalue weighted by Gasteiger charge is 2.33. The number of rotatable bonds is 2. The van der Waals surface area contributed by atoms with Crippen molar-refractivity contribution >= 4 is 28.7 Å². The van der Waals surface area contributed by atoms with Gasteiger partial charge in [0.15, 0.2) is 0 Å². The van der Waals surface area contributed by atoms with Crippen LogP contribution in [0.3, 0.4) is 0 Å². The maximum absolute atomic E-state index is 12.8. The molecule has 6 heteroatoms. The lowest BCUT2D eigenvalue weighted by molar-refractivity contribution is -0.136. The van der Waals surface area contributed by atoms with Crippen molar-refractivity contribution in [2.24, 2.45) is 0 Å². The molecule has 0 aliphatic rings. The van der Waals surface area contributed by atoms with Crippen molar-refractivity contribution in [3.63, 3.8) is 0 Å². The number of halogens is 4. The van der Waals surface area contributed by atoms with E-state index in [0.29, 0.717) is 16.4 Å². The van der Waals surface area contributed by atoms with Crippen LogP contribution < -0.4 is 11.1 Å². The summed E-state index contributed by atoms with van der Waals surface area (Å²) in [4.78, 5) is 0. The third kappa shape index (κ3) is 2.99. The molecule has 0 atom stereocenters. The first-order valence-corrected chi connectivity index (χ1v) is 6.15. The number of nitrogen functional groups attached to an aromatic ring is 1. The molecule has 0 spiro atoms. The molecular formula is C14H12ClF3N2. The summed E-state index contributed by atoms with van der Waals surface area (Å²) >= 11 is 5.97. The molecular weight excluding hydrogens is 289 g/mol. The Hall–Kier alpha value is -1.88. The number of nitrogens with two attached hydrogens (primary N) is 1. The fourth-order valence-corrected chi connectivity index (χ4v) is 1.95. The lowest BCUT2D eigenvalue weighted by atomic mass is 10.1. The highest BCUT2D eigenvalue weighted by Crippen LogP contribution is 2.36. The van der Waals surface area contributed by atoms with Gasteiger partial charge in [0.05, 0.1) is 5.56 Å². The van der Waals surface area contributed by atoms with E-state index in [2.05, 4.69) is 5.32 Å². The van der Waals surface area contributed by atoms with E-state index in [1.54, 1.807) is 25.1 Å². The minimum Gasteiger partial charge on any atom is -0.398 e. The molecule has 2 aromatic carbocycles. The standard InChI is InChI=1S/C14H12ClF3N2/c1-8-11(15)3-2-4-13(8)20-9-5-6-12(19)10(7-9)14(16,17)18/h2-7,20H,19H2,1H3. The Bertz CT molecular complexity index is 639. The molecule has 0 aliphatic heterocycles. The topological polar surface area (TPSA) is 38.0 Å². The Labute approximate surface area is 119 Å². The molecule has 2 rings (SSSR count). The van der Waals surface area contributed by atoms with Crippen LogP contribution in [0.15, 0.2) is 36.4 Å². The van der Waals surface area contributed by atoms with E-state index in [1.165, 1.54) is 12.1 Å².